The van der Waals surface area contributed by atoms with Crippen LogP contribution in [0.1, 0.15) is 26.7 Å². The zero-order chi connectivity index (χ0) is 8.69. The van der Waals surface area contributed by atoms with E-state index >= 15 is 0 Å². The summed E-state index contributed by atoms with van der Waals surface area (Å²) in [6.45, 7) is 4.62. The van der Waals surface area contributed by atoms with Crippen molar-refractivity contribution >= 4 is 0 Å². The second-order valence-corrected chi connectivity index (χ2v) is 2.69. The first kappa shape index (κ1) is 10.9. The number of ether oxygens (including phenoxy) is 1. The smallest absolute Gasteiger partial charge is 0.169 e. The van der Waals surface area contributed by atoms with Gasteiger partial charge in [-0.05, 0) is 20.4 Å². The highest BCUT2D eigenvalue weighted by atomic mass is 16.6. The summed E-state index contributed by atoms with van der Waals surface area (Å²) in [7, 11) is 1.80. The minimum Gasteiger partial charge on any atom is -0.367 e. The summed E-state index contributed by atoms with van der Waals surface area (Å²) in [6.07, 6.45) is 1.43. The fourth-order valence-electron chi connectivity index (χ4n) is 0.635. The predicted molar refractivity (Wildman–Crippen MR) is 45.4 cm³/mol. The lowest BCUT2D eigenvalue weighted by atomic mass is 10.3. The lowest BCUT2D eigenvalue weighted by molar-refractivity contribution is -0.116. The Bertz CT molecular complexity index is 88.2. The van der Waals surface area contributed by atoms with E-state index in [1.54, 1.807) is 7.05 Å². The van der Waals surface area contributed by atoms with Crippen molar-refractivity contribution in [1.29, 1.82) is 0 Å². The number of nitrogens with one attached hydrogen (secondary N) is 1. The van der Waals surface area contributed by atoms with Gasteiger partial charge >= 0.3 is 0 Å². The van der Waals surface area contributed by atoms with Gasteiger partial charge in [0.15, 0.2) is 6.29 Å². The van der Waals surface area contributed by atoms with Gasteiger partial charge in [-0.1, -0.05) is 13.3 Å². The molecular weight excluding hydrogens is 142 g/mol. The Balaban J connectivity index is 3.28. The lowest BCUT2D eigenvalue weighted by Gasteiger charge is -2.18. The van der Waals surface area contributed by atoms with Crippen LogP contribution in [0, 0.1) is 0 Å². The van der Waals surface area contributed by atoms with Gasteiger partial charge in [0.25, 0.3) is 0 Å². The van der Waals surface area contributed by atoms with Crippen molar-refractivity contribution < 1.29 is 9.84 Å². The van der Waals surface area contributed by atoms with Crippen molar-refractivity contribution in [1.82, 2.24) is 5.32 Å². The molecule has 0 aliphatic carbocycles. The molecule has 0 aliphatic heterocycles. The molecule has 0 aliphatic rings. The summed E-state index contributed by atoms with van der Waals surface area (Å²) in [5.74, 6) is 0. The molecule has 2 unspecified atom stereocenters. The Labute approximate surface area is 68.8 Å². The van der Waals surface area contributed by atoms with Crippen LogP contribution in [0.4, 0.5) is 0 Å². The molecule has 0 heterocycles. The lowest BCUT2D eigenvalue weighted by Crippen LogP contribution is -2.36. The van der Waals surface area contributed by atoms with Crippen molar-refractivity contribution in [3.63, 3.8) is 0 Å². The van der Waals surface area contributed by atoms with Gasteiger partial charge in [-0.25, -0.2) is 0 Å². The molecule has 2 atom stereocenters. The minimum absolute atomic E-state index is 0.00635. The third-order valence-electron chi connectivity index (χ3n) is 1.67. The zero-order valence-electron chi connectivity index (χ0n) is 7.63. The molecule has 3 nitrogen and oxygen atoms in total. The van der Waals surface area contributed by atoms with Crippen molar-refractivity contribution in [3.05, 3.63) is 0 Å². The molecule has 0 fully saturated rings. The first-order valence-corrected chi connectivity index (χ1v) is 4.19. The highest BCUT2D eigenvalue weighted by Crippen LogP contribution is 1.96. The molecule has 0 aromatic carbocycles. The molecule has 0 spiro atoms. The van der Waals surface area contributed by atoms with Gasteiger partial charge in [0.2, 0.25) is 0 Å². The van der Waals surface area contributed by atoms with E-state index in [1.165, 1.54) is 0 Å². The average molecular weight is 161 g/mol. The largest absolute Gasteiger partial charge is 0.367 e. The van der Waals surface area contributed by atoms with Crippen LogP contribution >= 0.6 is 0 Å². The molecule has 0 amide bonds. The molecular formula is C8H19NO2. The molecule has 0 rings (SSSR count). The number of likely N-dealkylation sites (N-methyl/N-ethyl adjacent to an activating group) is 1. The van der Waals surface area contributed by atoms with Crippen molar-refractivity contribution in [2.24, 2.45) is 0 Å². The Morgan fingerprint density at radius 2 is 2.18 bits per heavy atom. The van der Waals surface area contributed by atoms with Crippen LogP contribution in [0.5, 0.6) is 0 Å². The second kappa shape index (κ2) is 6.58. The quantitative estimate of drug-likeness (QED) is 0.446. The van der Waals surface area contributed by atoms with E-state index < -0.39 is 6.29 Å². The third-order valence-corrected chi connectivity index (χ3v) is 1.67. The standard InChI is InChI=1S/C8H19NO2/c1-4-5-6-11-8(10)7(2)9-3/h7-10H,4-6H2,1-3H3. The summed E-state index contributed by atoms with van der Waals surface area (Å²) < 4.78 is 5.13. The van der Waals surface area contributed by atoms with Crippen LogP contribution in [0.3, 0.4) is 0 Å². The molecule has 0 aromatic rings. The van der Waals surface area contributed by atoms with E-state index in [-0.39, 0.29) is 6.04 Å². The van der Waals surface area contributed by atoms with Gasteiger partial charge in [0.05, 0.1) is 6.04 Å². The molecule has 68 valence electrons. The number of aliphatic hydroxyl groups is 1. The van der Waals surface area contributed by atoms with Crippen molar-refractivity contribution in [3.8, 4) is 0 Å². The van der Waals surface area contributed by atoms with E-state index in [4.69, 9.17) is 4.74 Å². The topological polar surface area (TPSA) is 41.5 Å². The molecule has 0 radical (unpaired) electrons. The van der Waals surface area contributed by atoms with Gasteiger partial charge < -0.3 is 15.2 Å². The molecule has 0 saturated carbocycles. The monoisotopic (exact) mass is 161 g/mol. The van der Waals surface area contributed by atoms with Crippen LogP contribution in [0.15, 0.2) is 0 Å². The minimum atomic E-state index is -0.674. The van der Waals surface area contributed by atoms with E-state index in [1.807, 2.05) is 6.92 Å². The van der Waals surface area contributed by atoms with Gasteiger partial charge in [0, 0.05) is 6.61 Å². The Kier molecular flexibility index (Phi) is 6.51. The highest BCUT2D eigenvalue weighted by Gasteiger charge is 2.10. The summed E-state index contributed by atoms with van der Waals surface area (Å²) >= 11 is 0. The Morgan fingerprint density at radius 3 is 2.64 bits per heavy atom. The number of hydrogen-bond donors (Lipinski definition) is 2. The van der Waals surface area contributed by atoms with E-state index in [2.05, 4.69) is 12.2 Å². The van der Waals surface area contributed by atoms with E-state index in [0.29, 0.717) is 6.61 Å². The fraction of sp³-hybridized carbons (Fsp3) is 1.00. The fourth-order valence-corrected chi connectivity index (χ4v) is 0.635. The van der Waals surface area contributed by atoms with Crippen LogP contribution in [0.25, 0.3) is 0 Å². The highest BCUT2D eigenvalue weighted by molar-refractivity contribution is 4.59. The normalized spacial score (nSPS) is 16.4. The van der Waals surface area contributed by atoms with Crippen LogP contribution in [-0.4, -0.2) is 31.1 Å². The van der Waals surface area contributed by atoms with Crippen molar-refractivity contribution in [2.45, 2.75) is 39.0 Å². The SMILES string of the molecule is CCCCOC(O)C(C)NC. The van der Waals surface area contributed by atoms with Crippen LogP contribution < -0.4 is 5.32 Å². The Hall–Kier alpha value is -0.120. The number of hydrogen-bond acceptors (Lipinski definition) is 3. The molecule has 0 bridgehead atoms. The maximum absolute atomic E-state index is 9.26. The van der Waals surface area contributed by atoms with Crippen molar-refractivity contribution in [2.75, 3.05) is 13.7 Å². The molecule has 2 N–H and O–H groups in total. The summed E-state index contributed by atoms with van der Waals surface area (Å²) in [5.41, 5.74) is 0. The third kappa shape index (κ3) is 5.18. The van der Waals surface area contributed by atoms with Gasteiger partial charge in [0.1, 0.15) is 0 Å². The summed E-state index contributed by atoms with van der Waals surface area (Å²) in [6, 6.07) is 0.00635. The van der Waals surface area contributed by atoms with Crippen LogP contribution in [0.2, 0.25) is 0 Å². The van der Waals surface area contributed by atoms with E-state index in [0.717, 1.165) is 12.8 Å². The maximum atomic E-state index is 9.26. The summed E-state index contributed by atoms with van der Waals surface area (Å²) in [4.78, 5) is 0. The van der Waals surface area contributed by atoms with Gasteiger partial charge in [-0.15, -0.1) is 0 Å². The predicted octanol–water partition coefficient (Wildman–Crippen LogP) is 0.729. The summed E-state index contributed by atoms with van der Waals surface area (Å²) in [5, 5.41) is 12.2. The molecule has 3 heteroatoms. The Morgan fingerprint density at radius 1 is 1.55 bits per heavy atom. The van der Waals surface area contributed by atoms with Gasteiger partial charge in [-0.3, -0.25) is 0 Å². The maximum Gasteiger partial charge on any atom is 0.169 e. The first-order valence-electron chi connectivity index (χ1n) is 4.19. The second-order valence-electron chi connectivity index (χ2n) is 2.69. The number of aliphatic hydroxyl groups excluding tert-OH is 1. The number of rotatable bonds is 6. The van der Waals surface area contributed by atoms with E-state index in [9.17, 15) is 5.11 Å². The zero-order valence-corrected chi connectivity index (χ0v) is 7.63. The van der Waals surface area contributed by atoms with Crippen LogP contribution in [-0.2, 0) is 4.74 Å². The molecule has 0 saturated heterocycles. The number of unbranched alkanes of at least 4 members (excludes halogenated alkanes) is 1. The average Bonchev–Trinajstić information content (AvgIpc) is 2.03. The van der Waals surface area contributed by atoms with Gasteiger partial charge in [-0.2, -0.15) is 0 Å². The molecule has 0 aromatic heterocycles. The molecule has 11 heavy (non-hydrogen) atoms. The first-order chi connectivity index (χ1) is 5.22.